The Morgan fingerprint density at radius 3 is 2.42 bits per heavy atom. The first-order chi connectivity index (χ1) is 11.7. The van der Waals surface area contributed by atoms with Crippen LogP contribution < -0.4 is 19.5 Å². The monoisotopic (exact) mass is 333 g/mol. The average molecular weight is 333 g/mol. The summed E-state index contributed by atoms with van der Waals surface area (Å²) in [6, 6.07) is 4.10. The molecule has 0 bridgehead atoms. The van der Waals surface area contributed by atoms with Gasteiger partial charge in [-0.05, 0) is 38.4 Å². The first-order valence-corrected chi connectivity index (χ1v) is 8.03. The lowest BCUT2D eigenvalue weighted by Crippen LogP contribution is -2.34. The quantitative estimate of drug-likeness (QED) is 0.901. The molecule has 130 valence electrons. The van der Waals surface area contributed by atoms with Crippen molar-refractivity contribution >= 4 is 0 Å². The molecule has 1 aliphatic rings. The van der Waals surface area contributed by atoms with E-state index in [9.17, 15) is 0 Å². The Balaban J connectivity index is 1.92. The largest absolute Gasteiger partial charge is 0.493 e. The minimum Gasteiger partial charge on any atom is -0.493 e. The highest BCUT2D eigenvalue weighted by Gasteiger charge is 2.25. The van der Waals surface area contributed by atoms with E-state index in [1.54, 1.807) is 21.3 Å². The van der Waals surface area contributed by atoms with Crippen molar-refractivity contribution in [1.29, 1.82) is 0 Å². The molecule has 1 aliphatic heterocycles. The third-order valence-corrected chi connectivity index (χ3v) is 4.34. The zero-order valence-electron chi connectivity index (χ0n) is 14.5. The number of ether oxygens (including phenoxy) is 3. The molecule has 0 unspecified atom stereocenters. The predicted molar refractivity (Wildman–Crippen MR) is 88.8 cm³/mol. The second-order valence-corrected chi connectivity index (χ2v) is 5.95. The number of piperidine rings is 1. The van der Waals surface area contributed by atoms with Gasteiger partial charge in [0.25, 0.3) is 0 Å². The van der Waals surface area contributed by atoms with Gasteiger partial charge < -0.3 is 24.1 Å². The zero-order valence-corrected chi connectivity index (χ0v) is 14.5. The Bertz CT molecular complexity index is 676. The smallest absolute Gasteiger partial charge is 0.230 e. The van der Waals surface area contributed by atoms with E-state index in [1.807, 2.05) is 12.1 Å². The van der Waals surface area contributed by atoms with Crippen LogP contribution in [-0.2, 0) is 0 Å². The topological polar surface area (TPSA) is 78.6 Å². The molecule has 1 N–H and O–H groups in total. The van der Waals surface area contributed by atoms with Crippen molar-refractivity contribution in [3.8, 4) is 28.6 Å². The summed E-state index contributed by atoms with van der Waals surface area (Å²) in [7, 11) is 4.74. The standard InChI is InChI=1S/C17H23N3O4/c1-10-7-11(5-6-18-10)17-19-16(20-24-17)12-8-13(21-2)15(23-4)14(9-12)22-3/h8-11,18H,5-7H2,1-4H3/t10-,11-/m0/s1. The Hall–Kier alpha value is -2.28. The third kappa shape index (κ3) is 3.17. The number of methoxy groups -OCH3 is 3. The van der Waals surface area contributed by atoms with E-state index in [1.165, 1.54) is 0 Å². The Labute approximate surface area is 141 Å². The van der Waals surface area contributed by atoms with Gasteiger partial charge in [0.2, 0.25) is 17.5 Å². The van der Waals surface area contributed by atoms with E-state index in [0.29, 0.717) is 40.9 Å². The summed E-state index contributed by atoms with van der Waals surface area (Å²) >= 11 is 0. The summed E-state index contributed by atoms with van der Waals surface area (Å²) in [5.74, 6) is 3.18. The van der Waals surface area contributed by atoms with E-state index < -0.39 is 0 Å². The van der Waals surface area contributed by atoms with Crippen LogP contribution in [0.3, 0.4) is 0 Å². The fraction of sp³-hybridized carbons (Fsp3) is 0.529. The van der Waals surface area contributed by atoms with Crippen molar-refractivity contribution < 1.29 is 18.7 Å². The van der Waals surface area contributed by atoms with Crippen molar-refractivity contribution in [3.63, 3.8) is 0 Å². The summed E-state index contributed by atoms with van der Waals surface area (Å²) in [4.78, 5) is 4.59. The van der Waals surface area contributed by atoms with Crippen LogP contribution in [0.15, 0.2) is 16.7 Å². The van der Waals surface area contributed by atoms with Gasteiger partial charge in [0.05, 0.1) is 21.3 Å². The molecule has 3 rings (SSSR count). The van der Waals surface area contributed by atoms with Crippen LogP contribution in [-0.4, -0.2) is 44.1 Å². The van der Waals surface area contributed by atoms with Crippen molar-refractivity contribution in [1.82, 2.24) is 15.5 Å². The Morgan fingerprint density at radius 2 is 1.83 bits per heavy atom. The lowest BCUT2D eigenvalue weighted by atomic mass is 9.93. The molecule has 0 radical (unpaired) electrons. The minimum absolute atomic E-state index is 0.296. The van der Waals surface area contributed by atoms with Crippen LogP contribution in [0, 0.1) is 0 Å². The van der Waals surface area contributed by atoms with Crippen molar-refractivity contribution in [3.05, 3.63) is 18.0 Å². The Kier molecular flexibility index (Phi) is 4.89. The summed E-state index contributed by atoms with van der Waals surface area (Å²) in [5.41, 5.74) is 0.765. The van der Waals surface area contributed by atoms with Crippen LogP contribution >= 0.6 is 0 Å². The number of hydrogen-bond acceptors (Lipinski definition) is 7. The molecule has 0 aliphatic carbocycles. The van der Waals surface area contributed by atoms with Crippen LogP contribution in [0.4, 0.5) is 0 Å². The number of benzene rings is 1. The van der Waals surface area contributed by atoms with Gasteiger partial charge in [-0.2, -0.15) is 4.98 Å². The highest BCUT2D eigenvalue weighted by Crippen LogP contribution is 2.40. The van der Waals surface area contributed by atoms with E-state index in [0.717, 1.165) is 24.9 Å². The van der Waals surface area contributed by atoms with Gasteiger partial charge in [-0.15, -0.1) is 0 Å². The maximum absolute atomic E-state index is 5.51. The molecule has 1 saturated heterocycles. The van der Waals surface area contributed by atoms with E-state index >= 15 is 0 Å². The van der Waals surface area contributed by atoms with Gasteiger partial charge in [0.1, 0.15) is 0 Å². The van der Waals surface area contributed by atoms with Crippen LogP contribution in [0.1, 0.15) is 31.6 Å². The zero-order chi connectivity index (χ0) is 17.1. The molecule has 0 spiro atoms. The predicted octanol–water partition coefficient (Wildman–Crippen LogP) is 2.62. The van der Waals surface area contributed by atoms with Crippen molar-refractivity contribution in [2.24, 2.45) is 0 Å². The van der Waals surface area contributed by atoms with E-state index in [2.05, 4.69) is 22.4 Å². The average Bonchev–Trinajstić information content (AvgIpc) is 3.10. The number of nitrogens with one attached hydrogen (secondary N) is 1. The first kappa shape index (κ1) is 16.6. The molecule has 2 aromatic rings. The molecule has 1 aromatic heterocycles. The molecule has 1 fully saturated rings. The number of aromatic nitrogens is 2. The first-order valence-electron chi connectivity index (χ1n) is 8.03. The van der Waals surface area contributed by atoms with Crippen molar-refractivity contribution in [2.75, 3.05) is 27.9 Å². The fourth-order valence-electron chi connectivity index (χ4n) is 3.08. The van der Waals surface area contributed by atoms with Gasteiger partial charge in [-0.1, -0.05) is 5.16 Å². The lowest BCUT2D eigenvalue weighted by molar-refractivity contribution is 0.295. The highest BCUT2D eigenvalue weighted by molar-refractivity contribution is 5.66. The van der Waals surface area contributed by atoms with Crippen LogP contribution in [0.25, 0.3) is 11.4 Å². The van der Waals surface area contributed by atoms with Crippen LogP contribution in [0.5, 0.6) is 17.2 Å². The molecular formula is C17H23N3O4. The van der Waals surface area contributed by atoms with Gasteiger partial charge >= 0.3 is 0 Å². The Morgan fingerprint density at radius 1 is 1.12 bits per heavy atom. The summed E-state index contributed by atoms with van der Waals surface area (Å²) in [6.07, 6.45) is 2.00. The van der Waals surface area contributed by atoms with Gasteiger partial charge in [-0.25, -0.2) is 0 Å². The lowest BCUT2D eigenvalue weighted by Gasteiger charge is -2.25. The molecule has 1 aromatic carbocycles. The maximum atomic E-state index is 5.51. The van der Waals surface area contributed by atoms with Gasteiger partial charge in [0.15, 0.2) is 11.5 Å². The van der Waals surface area contributed by atoms with Crippen molar-refractivity contribution in [2.45, 2.75) is 31.7 Å². The normalized spacial score (nSPS) is 20.7. The van der Waals surface area contributed by atoms with Crippen LogP contribution in [0.2, 0.25) is 0 Å². The molecule has 7 heteroatoms. The highest BCUT2D eigenvalue weighted by atomic mass is 16.5. The molecule has 0 saturated carbocycles. The summed E-state index contributed by atoms with van der Waals surface area (Å²) in [6.45, 7) is 3.14. The molecule has 2 atom stereocenters. The van der Waals surface area contributed by atoms with Gasteiger partial charge in [-0.3, -0.25) is 0 Å². The second-order valence-electron chi connectivity index (χ2n) is 5.95. The molecule has 2 heterocycles. The fourth-order valence-corrected chi connectivity index (χ4v) is 3.08. The number of hydrogen-bond donors (Lipinski definition) is 1. The molecule has 24 heavy (non-hydrogen) atoms. The number of nitrogens with zero attached hydrogens (tertiary/aromatic N) is 2. The minimum atomic E-state index is 0.296. The third-order valence-electron chi connectivity index (χ3n) is 4.34. The summed E-state index contributed by atoms with van der Waals surface area (Å²) in [5, 5.41) is 7.56. The summed E-state index contributed by atoms with van der Waals surface area (Å²) < 4.78 is 21.6. The molecule has 0 amide bonds. The SMILES string of the molecule is COc1cc(-c2noc([C@H]3CCN[C@@H](C)C3)n2)cc(OC)c1OC. The van der Waals surface area contributed by atoms with E-state index in [-0.39, 0.29) is 0 Å². The second kappa shape index (κ2) is 7.09. The molecule has 7 nitrogen and oxygen atoms in total. The van der Waals surface area contributed by atoms with Gasteiger partial charge in [0, 0.05) is 17.5 Å². The molecular weight excluding hydrogens is 310 g/mol. The number of rotatable bonds is 5. The maximum Gasteiger partial charge on any atom is 0.230 e. The van der Waals surface area contributed by atoms with E-state index in [4.69, 9.17) is 18.7 Å².